The minimum atomic E-state index is -3.41. The maximum atomic E-state index is 11.5. The fourth-order valence-corrected chi connectivity index (χ4v) is 1.87. The van der Waals surface area contributed by atoms with Gasteiger partial charge in [-0.15, -0.1) is 0 Å². The van der Waals surface area contributed by atoms with Crippen molar-refractivity contribution in [3.05, 3.63) is 23.5 Å². The third-order valence-electron chi connectivity index (χ3n) is 1.46. The van der Waals surface area contributed by atoms with E-state index in [-0.39, 0.29) is 4.90 Å². The van der Waals surface area contributed by atoms with Crippen molar-refractivity contribution in [2.45, 2.75) is 4.90 Å². The Balaban J connectivity index is 3.24. The molecule has 0 fully saturated rings. The third kappa shape index (κ3) is 2.18. The largest absolute Gasteiger partial charge is 0.262 e. The van der Waals surface area contributed by atoms with Crippen LogP contribution < -0.4 is 0 Å². The second-order valence-corrected chi connectivity index (χ2v) is 5.21. The maximum Gasteiger partial charge on any atom is 0.244 e. The fraction of sp³-hybridized carbons (Fsp3) is 0.286. The summed E-state index contributed by atoms with van der Waals surface area (Å²) in [6.07, 6.45) is 2.65. The standard InChI is InChI=1S/C7H9ClN2O2S/c1-10(2)13(11,12)7-3-6(8)4-9-5-7/h3-5H,1-2H3. The van der Waals surface area contributed by atoms with Crippen molar-refractivity contribution in [3.8, 4) is 0 Å². The van der Waals surface area contributed by atoms with Gasteiger partial charge in [-0.25, -0.2) is 12.7 Å². The predicted octanol–water partition coefficient (Wildman–Crippen LogP) is 0.985. The Bertz CT molecular complexity index is 403. The van der Waals surface area contributed by atoms with Gasteiger partial charge in [0.2, 0.25) is 10.0 Å². The minimum Gasteiger partial charge on any atom is -0.262 e. The van der Waals surface area contributed by atoms with Crippen LogP contribution in [0, 0.1) is 0 Å². The third-order valence-corrected chi connectivity index (χ3v) is 3.45. The molecule has 0 aromatic carbocycles. The lowest BCUT2D eigenvalue weighted by atomic mass is 10.5. The van der Waals surface area contributed by atoms with Gasteiger partial charge in [-0.2, -0.15) is 0 Å². The molecule has 0 aliphatic carbocycles. The summed E-state index contributed by atoms with van der Waals surface area (Å²) in [6, 6.07) is 1.36. The van der Waals surface area contributed by atoms with E-state index in [0.29, 0.717) is 5.02 Å². The Morgan fingerprint density at radius 1 is 1.38 bits per heavy atom. The molecular formula is C7H9ClN2O2S. The molecule has 1 aromatic rings. The lowest BCUT2D eigenvalue weighted by molar-refractivity contribution is 0.520. The number of hydrogen-bond acceptors (Lipinski definition) is 3. The van der Waals surface area contributed by atoms with E-state index >= 15 is 0 Å². The molecule has 0 spiro atoms. The molecule has 72 valence electrons. The lowest BCUT2D eigenvalue weighted by Gasteiger charge is -2.10. The van der Waals surface area contributed by atoms with E-state index in [1.807, 2.05) is 0 Å². The average molecular weight is 221 g/mol. The molecule has 0 atom stereocenters. The van der Waals surface area contributed by atoms with Gasteiger partial charge in [0.1, 0.15) is 4.90 Å². The molecule has 0 radical (unpaired) electrons. The molecule has 13 heavy (non-hydrogen) atoms. The molecule has 0 aliphatic rings. The minimum absolute atomic E-state index is 0.102. The Kier molecular flexibility index (Phi) is 2.90. The molecule has 6 heteroatoms. The second-order valence-electron chi connectivity index (χ2n) is 2.63. The summed E-state index contributed by atoms with van der Waals surface area (Å²) in [4.78, 5) is 3.80. The molecule has 0 unspecified atom stereocenters. The number of hydrogen-bond donors (Lipinski definition) is 0. The first-order valence-corrected chi connectivity index (χ1v) is 5.29. The number of pyridine rings is 1. The van der Waals surface area contributed by atoms with Crippen LogP contribution in [0.1, 0.15) is 0 Å². The summed E-state index contributed by atoms with van der Waals surface area (Å²) in [5, 5.41) is 0.308. The van der Waals surface area contributed by atoms with Crippen molar-refractivity contribution < 1.29 is 8.42 Å². The fourth-order valence-electron chi connectivity index (χ4n) is 0.744. The van der Waals surface area contributed by atoms with Gasteiger partial charge in [-0.1, -0.05) is 11.6 Å². The van der Waals surface area contributed by atoms with E-state index in [9.17, 15) is 8.42 Å². The lowest BCUT2D eigenvalue weighted by Crippen LogP contribution is -2.22. The van der Waals surface area contributed by atoms with Crippen molar-refractivity contribution in [2.24, 2.45) is 0 Å². The summed E-state index contributed by atoms with van der Waals surface area (Å²) < 4.78 is 24.1. The number of sulfonamides is 1. The van der Waals surface area contributed by atoms with E-state index in [1.54, 1.807) is 0 Å². The van der Waals surface area contributed by atoms with Gasteiger partial charge in [0, 0.05) is 26.5 Å². The van der Waals surface area contributed by atoms with Crippen LogP contribution in [0.4, 0.5) is 0 Å². The van der Waals surface area contributed by atoms with Gasteiger partial charge in [0.05, 0.1) is 5.02 Å². The summed E-state index contributed by atoms with van der Waals surface area (Å²) in [7, 11) is -0.504. The van der Waals surface area contributed by atoms with E-state index in [4.69, 9.17) is 11.6 Å². The highest BCUT2D eigenvalue weighted by molar-refractivity contribution is 7.89. The van der Waals surface area contributed by atoms with Crippen LogP contribution in [0.2, 0.25) is 5.02 Å². The van der Waals surface area contributed by atoms with Crippen LogP contribution in [0.25, 0.3) is 0 Å². The quantitative estimate of drug-likeness (QED) is 0.747. The van der Waals surface area contributed by atoms with Gasteiger partial charge in [-0.05, 0) is 6.07 Å². The van der Waals surface area contributed by atoms with Crippen molar-refractivity contribution in [1.29, 1.82) is 0 Å². The predicted molar refractivity (Wildman–Crippen MR) is 50.1 cm³/mol. The summed E-state index contributed by atoms with van der Waals surface area (Å²) in [6.45, 7) is 0. The molecule has 1 aromatic heterocycles. The summed E-state index contributed by atoms with van der Waals surface area (Å²) >= 11 is 5.61. The highest BCUT2D eigenvalue weighted by atomic mass is 35.5. The van der Waals surface area contributed by atoms with Crippen LogP contribution in [0.3, 0.4) is 0 Å². The van der Waals surface area contributed by atoms with Gasteiger partial charge in [0.25, 0.3) is 0 Å². The number of halogens is 1. The van der Waals surface area contributed by atoms with E-state index < -0.39 is 10.0 Å². The molecule has 0 bridgehead atoms. The zero-order valence-corrected chi connectivity index (χ0v) is 8.80. The molecule has 0 saturated carbocycles. The van der Waals surface area contributed by atoms with Crippen LogP contribution >= 0.6 is 11.6 Å². The Hall–Kier alpha value is -0.650. The molecule has 0 aliphatic heterocycles. The molecule has 0 saturated heterocycles. The number of nitrogens with zero attached hydrogens (tertiary/aromatic N) is 2. The average Bonchev–Trinajstić information content (AvgIpc) is 2.04. The Morgan fingerprint density at radius 2 is 2.00 bits per heavy atom. The van der Waals surface area contributed by atoms with Crippen LogP contribution in [-0.4, -0.2) is 31.8 Å². The summed E-state index contributed by atoms with van der Waals surface area (Å²) in [5.41, 5.74) is 0. The first-order valence-electron chi connectivity index (χ1n) is 3.47. The van der Waals surface area contributed by atoms with Crippen molar-refractivity contribution in [2.75, 3.05) is 14.1 Å². The van der Waals surface area contributed by atoms with Crippen molar-refractivity contribution in [1.82, 2.24) is 9.29 Å². The topological polar surface area (TPSA) is 50.3 Å². The van der Waals surface area contributed by atoms with Gasteiger partial charge in [-0.3, -0.25) is 4.98 Å². The van der Waals surface area contributed by atoms with Gasteiger partial charge >= 0.3 is 0 Å². The van der Waals surface area contributed by atoms with Crippen LogP contribution in [-0.2, 0) is 10.0 Å². The van der Waals surface area contributed by atoms with Gasteiger partial charge in [0.15, 0.2) is 0 Å². The van der Waals surface area contributed by atoms with Gasteiger partial charge < -0.3 is 0 Å². The van der Waals surface area contributed by atoms with E-state index in [2.05, 4.69) is 4.98 Å². The van der Waals surface area contributed by atoms with E-state index in [1.165, 1.54) is 32.6 Å². The monoisotopic (exact) mass is 220 g/mol. The SMILES string of the molecule is CN(C)S(=O)(=O)c1cncc(Cl)c1. The van der Waals surface area contributed by atoms with E-state index in [0.717, 1.165) is 4.31 Å². The van der Waals surface area contributed by atoms with Crippen molar-refractivity contribution >= 4 is 21.6 Å². The first kappa shape index (κ1) is 10.4. The molecule has 0 amide bonds. The smallest absolute Gasteiger partial charge is 0.244 e. The zero-order valence-electron chi connectivity index (χ0n) is 7.23. The highest BCUT2D eigenvalue weighted by Gasteiger charge is 2.17. The summed E-state index contributed by atoms with van der Waals surface area (Å²) in [5.74, 6) is 0. The maximum absolute atomic E-state index is 11.5. The molecule has 1 rings (SSSR count). The first-order chi connectivity index (χ1) is 5.94. The Morgan fingerprint density at radius 3 is 2.46 bits per heavy atom. The molecule has 4 nitrogen and oxygen atoms in total. The Labute approximate surface area is 82.2 Å². The van der Waals surface area contributed by atoms with Crippen molar-refractivity contribution in [3.63, 3.8) is 0 Å². The zero-order chi connectivity index (χ0) is 10.1. The van der Waals surface area contributed by atoms with Crippen LogP contribution in [0.15, 0.2) is 23.4 Å². The second kappa shape index (κ2) is 3.61. The molecule has 1 heterocycles. The highest BCUT2D eigenvalue weighted by Crippen LogP contribution is 2.15. The normalized spacial score (nSPS) is 12.0. The van der Waals surface area contributed by atoms with Crippen LogP contribution in [0.5, 0.6) is 0 Å². The number of aromatic nitrogens is 1. The molecule has 0 N–H and O–H groups in total. The molecular weight excluding hydrogens is 212 g/mol. The number of rotatable bonds is 2.